The molecule has 1 aromatic carbocycles. The van der Waals surface area contributed by atoms with Crippen molar-refractivity contribution in [3.63, 3.8) is 0 Å². The number of pyridine rings is 1. The number of aromatic nitrogens is 1. The van der Waals surface area contributed by atoms with Crippen LogP contribution in [0.4, 0.5) is 20.2 Å². The summed E-state index contributed by atoms with van der Waals surface area (Å²) in [4.78, 5) is 2.98. The smallest absolute Gasteiger partial charge is 0.267 e. The third kappa shape index (κ3) is 2.42. The number of hydrogen-bond donors (Lipinski definition) is 1. The van der Waals surface area contributed by atoms with Crippen LogP contribution in [0.3, 0.4) is 0 Å². The second-order valence-electron chi connectivity index (χ2n) is 3.98. The molecule has 5 nitrogen and oxygen atoms in total. The normalized spacial score (nSPS) is 11.3. The predicted molar refractivity (Wildman–Crippen MR) is 70.6 cm³/mol. The maximum atomic E-state index is 13.6. The van der Waals surface area contributed by atoms with Crippen LogP contribution in [0, 0.1) is 11.6 Å². The molecule has 8 heteroatoms. The summed E-state index contributed by atoms with van der Waals surface area (Å²) < 4.78 is 52.1. The van der Waals surface area contributed by atoms with Crippen LogP contribution in [0.15, 0.2) is 41.6 Å². The fraction of sp³-hybridized carbons (Fsp3) is 0.0833. The molecule has 0 aliphatic carbocycles. The molecule has 20 heavy (non-hydrogen) atoms. The maximum absolute atomic E-state index is 13.6. The van der Waals surface area contributed by atoms with Gasteiger partial charge >= 0.3 is 0 Å². The van der Waals surface area contributed by atoms with E-state index in [0.29, 0.717) is 6.07 Å². The summed E-state index contributed by atoms with van der Waals surface area (Å²) in [7, 11) is -3.06. The van der Waals surface area contributed by atoms with Gasteiger partial charge in [-0.2, -0.15) is 0 Å². The highest BCUT2D eigenvalue weighted by molar-refractivity contribution is 7.92. The van der Waals surface area contributed by atoms with Gasteiger partial charge in [-0.1, -0.05) is 0 Å². The van der Waals surface area contributed by atoms with E-state index in [1.54, 1.807) is 0 Å². The first kappa shape index (κ1) is 14.2. The molecular weight excluding hydrogens is 288 g/mol. The number of rotatable bonds is 3. The van der Waals surface area contributed by atoms with Crippen LogP contribution in [0.2, 0.25) is 0 Å². The Bertz CT molecular complexity index is 750. The summed E-state index contributed by atoms with van der Waals surface area (Å²) in [6, 6.07) is 3.59. The molecule has 0 bridgehead atoms. The Morgan fingerprint density at radius 2 is 1.95 bits per heavy atom. The van der Waals surface area contributed by atoms with E-state index in [-0.39, 0.29) is 11.4 Å². The van der Waals surface area contributed by atoms with Gasteiger partial charge in [0.15, 0.2) is 0 Å². The zero-order valence-corrected chi connectivity index (χ0v) is 11.2. The lowest BCUT2D eigenvalue weighted by atomic mass is 10.3. The first-order chi connectivity index (χ1) is 9.34. The van der Waals surface area contributed by atoms with Crippen molar-refractivity contribution in [2.75, 3.05) is 17.1 Å². The average Bonchev–Trinajstić information content (AvgIpc) is 2.41. The number of nitrogen functional groups attached to an aromatic ring is 1. The van der Waals surface area contributed by atoms with Gasteiger partial charge < -0.3 is 5.73 Å². The van der Waals surface area contributed by atoms with Crippen LogP contribution in [0.1, 0.15) is 0 Å². The minimum atomic E-state index is -4.26. The van der Waals surface area contributed by atoms with Crippen LogP contribution in [-0.4, -0.2) is 20.4 Å². The molecule has 0 fully saturated rings. The van der Waals surface area contributed by atoms with E-state index in [1.165, 1.54) is 25.5 Å². The third-order valence-electron chi connectivity index (χ3n) is 2.70. The van der Waals surface area contributed by atoms with E-state index < -0.39 is 26.6 Å². The van der Waals surface area contributed by atoms with E-state index in [4.69, 9.17) is 5.73 Å². The third-order valence-corrected chi connectivity index (χ3v) is 4.49. The Morgan fingerprint density at radius 1 is 1.25 bits per heavy atom. The highest BCUT2D eigenvalue weighted by Crippen LogP contribution is 2.27. The molecule has 0 saturated heterocycles. The minimum Gasteiger partial charge on any atom is -0.396 e. The van der Waals surface area contributed by atoms with Crippen LogP contribution >= 0.6 is 0 Å². The van der Waals surface area contributed by atoms with E-state index in [2.05, 4.69) is 4.98 Å². The van der Waals surface area contributed by atoms with Crippen molar-refractivity contribution >= 4 is 21.4 Å². The van der Waals surface area contributed by atoms with Gasteiger partial charge in [0.2, 0.25) is 0 Å². The molecule has 2 N–H and O–H groups in total. The van der Waals surface area contributed by atoms with E-state index in [9.17, 15) is 17.2 Å². The van der Waals surface area contributed by atoms with Gasteiger partial charge in [0.05, 0.1) is 17.6 Å². The lowest BCUT2D eigenvalue weighted by Crippen LogP contribution is -2.28. The Labute approximate surface area is 114 Å². The van der Waals surface area contributed by atoms with Crippen LogP contribution < -0.4 is 10.0 Å². The fourth-order valence-electron chi connectivity index (χ4n) is 1.64. The summed E-state index contributed by atoms with van der Waals surface area (Å²) >= 11 is 0. The van der Waals surface area contributed by atoms with Gasteiger partial charge in [0, 0.05) is 13.2 Å². The maximum Gasteiger partial charge on any atom is 0.267 e. The summed E-state index contributed by atoms with van der Waals surface area (Å²) in [5.74, 6) is -1.88. The molecule has 1 aromatic heterocycles. The average molecular weight is 299 g/mol. The van der Waals surface area contributed by atoms with E-state index in [1.807, 2.05) is 0 Å². The molecule has 0 amide bonds. The van der Waals surface area contributed by atoms with E-state index >= 15 is 0 Å². The van der Waals surface area contributed by atoms with Gasteiger partial charge in [-0.05, 0) is 24.3 Å². The predicted octanol–water partition coefficient (Wildman–Crippen LogP) is 1.77. The van der Waals surface area contributed by atoms with Gasteiger partial charge in [0.25, 0.3) is 10.0 Å². The summed E-state index contributed by atoms with van der Waals surface area (Å²) in [5.41, 5.74) is 5.86. The Balaban J connectivity index is 2.56. The van der Waals surface area contributed by atoms with E-state index in [0.717, 1.165) is 16.4 Å². The molecule has 0 unspecified atom stereocenters. The Morgan fingerprint density at radius 3 is 2.60 bits per heavy atom. The van der Waals surface area contributed by atoms with Crippen molar-refractivity contribution in [1.82, 2.24) is 4.98 Å². The number of nitrogens with two attached hydrogens (primary N) is 1. The molecule has 0 spiro atoms. The zero-order valence-electron chi connectivity index (χ0n) is 10.4. The monoisotopic (exact) mass is 299 g/mol. The topological polar surface area (TPSA) is 76.3 Å². The summed E-state index contributed by atoms with van der Waals surface area (Å²) in [5, 5.41) is 0. The lowest BCUT2D eigenvalue weighted by Gasteiger charge is -2.21. The SMILES string of the molecule is CN(c1ccncc1N)S(=O)(=O)c1cc(F)ccc1F. The molecule has 0 aliphatic heterocycles. The van der Waals surface area contributed by atoms with Crippen molar-refractivity contribution in [3.05, 3.63) is 48.3 Å². The van der Waals surface area contributed by atoms with Gasteiger partial charge in [-0.15, -0.1) is 0 Å². The minimum absolute atomic E-state index is 0.107. The standard InChI is InChI=1S/C12H11F2N3O2S/c1-17(11-4-5-16-7-10(11)15)20(18,19)12-6-8(13)2-3-9(12)14/h2-7H,15H2,1H3. The van der Waals surface area contributed by atoms with Crippen molar-refractivity contribution in [2.45, 2.75) is 4.90 Å². The molecular formula is C12H11F2N3O2S. The Kier molecular flexibility index (Phi) is 3.58. The lowest BCUT2D eigenvalue weighted by molar-refractivity contribution is 0.552. The first-order valence-corrected chi connectivity index (χ1v) is 6.91. The number of sulfonamides is 1. The number of anilines is 2. The quantitative estimate of drug-likeness (QED) is 0.937. The van der Waals surface area contributed by atoms with Gasteiger partial charge in [0.1, 0.15) is 16.5 Å². The van der Waals surface area contributed by atoms with Crippen molar-refractivity contribution in [3.8, 4) is 0 Å². The number of benzene rings is 1. The molecule has 2 rings (SSSR count). The number of hydrogen-bond acceptors (Lipinski definition) is 4. The molecule has 2 aromatic rings. The van der Waals surface area contributed by atoms with Crippen LogP contribution in [0.25, 0.3) is 0 Å². The van der Waals surface area contributed by atoms with Gasteiger partial charge in [-0.25, -0.2) is 17.2 Å². The largest absolute Gasteiger partial charge is 0.396 e. The summed E-state index contributed by atoms with van der Waals surface area (Å²) in [6.45, 7) is 0. The molecule has 0 aliphatic rings. The molecule has 0 atom stereocenters. The highest BCUT2D eigenvalue weighted by atomic mass is 32.2. The Hall–Kier alpha value is -2.22. The first-order valence-electron chi connectivity index (χ1n) is 5.47. The van der Waals surface area contributed by atoms with Gasteiger partial charge in [-0.3, -0.25) is 9.29 Å². The fourth-order valence-corrected chi connectivity index (χ4v) is 2.93. The summed E-state index contributed by atoms with van der Waals surface area (Å²) in [6.07, 6.45) is 2.61. The molecule has 0 saturated carbocycles. The zero-order chi connectivity index (χ0) is 14.9. The molecule has 0 radical (unpaired) electrons. The number of halogens is 2. The molecule has 106 valence electrons. The van der Waals surface area contributed by atoms with Crippen molar-refractivity contribution in [1.29, 1.82) is 0 Å². The van der Waals surface area contributed by atoms with Crippen molar-refractivity contribution in [2.24, 2.45) is 0 Å². The van der Waals surface area contributed by atoms with Crippen LogP contribution in [-0.2, 0) is 10.0 Å². The second kappa shape index (κ2) is 5.04. The second-order valence-corrected chi connectivity index (χ2v) is 5.92. The van der Waals surface area contributed by atoms with Crippen LogP contribution in [0.5, 0.6) is 0 Å². The molecule has 1 heterocycles. The number of nitrogens with zero attached hydrogens (tertiary/aromatic N) is 2. The van der Waals surface area contributed by atoms with Crippen molar-refractivity contribution < 1.29 is 17.2 Å². The highest BCUT2D eigenvalue weighted by Gasteiger charge is 2.26.